The number of nitrogens with one attached hydrogen (secondary N) is 1. The molecule has 0 aliphatic carbocycles. The van der Waals surface area contributed by atoms with Crippen molar-refractivity contribution in [2.24, 2.45) is 0 Å². The first-order valence-electron chi connectivity index (χ1n) is 12.9. The lowest BCUT2D eigenvalue weighted by molar-refractivity contribution is -0.138. The summed E-state index contributed by atoms with van der Waals surface area (Å²) in [7, 11) is 0. The van der Waals surface area contributed by atoms with Gasteiger partial charge in [0.25, 0.3) is 5.91 Å². The van der Waals surface area contributed by atoms with Gasteiger partial charge in [-0.05, 0) is 25.8 Å². The van der Waals surface area contributed by atoms with E-state index in [1.165, 1.54) is 20.5 Å². The molecule has 3 aromatic rings. The summed E-state index contributed by atoms with van der Waals surface area (Å²) in [5.74, 6) is -1.53. The summed E-state index contributed by atoms with van der Waals surface area (Å²) in [5, 5.41) is 16.2. The van der Waals surface area contributed by atoms with Gasteiger partial charge >= 0.3 is 12.1 Å². The van der Waals surface area contributed by atoms with Crippen molar-refractivity contribution >= 4 is 23.9 Å². The highest BCUT2D eigenvalue weighted by Gasteiger charge is 2.31. The van der Waals surface area contributed by atoms with Gasteiger partial charge in [0, 0.05) is 50.4 Å². The van der Waals surface area contributed by atoms with Crippen LogP contribution in [0.1, 0.15) is 35.8 Å². The standard InChI is InChI=1S/C27H31N7O6/c1-3-40-27(39)33-13-11-32(12-14-33)26(38)20(9-10-23(35)36)30-25(37)21-15-22(34-17-18(2)16-28-34)31-24(29-21)19-7-5-4-6-8-19/h4-8,15-17,20H,3,9-14H2,1-2H3,(H,30,37)(H,35,36)/t20-/m0/s1. The molecule has 3 amide bonds. The van der Waals surface area contributed by atoms with E-state index in [0.29, 0.717) is 17.2 Å². The van der Waals surface area contributed by atoms with Crippen molar-refractivity contribution in [3.05, 3.63) is 60.0 Å². The number of ether oxygens (including phenoxy) is 1. The van der Waals surface area contributed by atoms with Crippen LogP contribution in [0.15, 0.2) is 48.8 Å². The summed E-state index contributed by atoms with van der Waals surface area (Å²) in [4.78, 5) is 62.2. The predicted octanol–water partition coefficient (Wildman–Crippen LogP) is 1.90. The Kier molecular flexibility index (Phi) is 9.04. The average Bonchev–Trinajstić information content (AvgIpc) is 3.41. The first kappa shape index (κ1) is 28.2. The molecule has 1 fully saturated rings. The summed E-state index contributed by atoms with van der Waals surface area (Å²) < 4.78 is 6.54. The number of carbonyl (C=O) groups excluding carboxylic acids is 3. The minimum absolute atomic E-state index is 0.00254. The second-order valence-electron chi connectivity index (χ2n) is 9.23. The fourth-order valence-electron chi connectivity index (χ4n) is 4.22. The van der Waals surface area contributed by atoms with Gasteiger partial charge in [0.15, 0.2) is 11.6 Å². The van der Waals surface area contributed by atoms with E-state index in [1.54, 1.807) is 19.3 Å². The van der Waals surface area contributed by atoms with Crippen molar-refractivity contribution in [1.82, 2.24) is 34.9 Å². The van der Waals surface area contributed by atoms with Crippen LogP contribution in [0.2, 0.25) is 0 Å². The van der Waals surface area contributed by atoms with Crippen LogP contribution in [0, 0.1) is 6.92 Å². The van der Waals surface area contributed by atoms with Gasteiger partial charge in [-0.2, -0.15) is 5.10 Å². The van der Waals surface area contributed by atoms with Crippen molar-refractivity contribution in [1.29, 1.82) is 0 Å². The van der Waals surface area contributed by atoms with Gasteiger partial charge in [-0.1, -0.05) is 30.3 Å². The number of carbonyl (C=O) groups is 4. The second kappa shape index (κ2) is 12.8. The minimum atomic E-state index is -1.11. The number of aliphatic carboxylic acids is 1. The maximum Gasteiger partial charge on any atom is 0.409 e. The lowest BCUT2D eigenvalue weighted by Crippen LogP contribution is -2.56. The van der Waals surface area contributed by atoms with Crippen LogP contribution in [0.25, 0.3) is 17.2 Å². The van der Waals surface area contributed by atoms with Gasteiger partial charge in [-0.25, -0.2) is 19.4 Å². The number of rotatable bonds is 9. The zero-order valence-electron chi connectivity index (χ0n) is 22.3. The smallest absolute Gasteiger partial charge is 0.409 e. The molecule has 0 bridgehead atoms. The third-order valence-electron chi connectivity index (χ3n) is 6.29. The van der Waals surface area contributed by atoms with Crippen molar-refractivity contribution in [3.63, 3.8) is 0 Å². The van der Waals surface area contributed by atoms with E-state index < -0.39 is 29.9 Å². The van der Waals surface area contributed by atoms with E-state index in [0.717, 1.165) is 5.56 Å². The first-order chi connectivity index (χ1) is 19.2. The van der Waals surface area contributed by atoms with E-state index in [9.17, 15) is 24.3 Å². The number of hydrogen-bond donors (Lipinski definition) is 2. The number of amides is 3. The number of hydrogen-bond acceptors (Lipinski definition) is 8. The Labute approximate surface area is 230 Å². The quantitative estimate of drug-likeness (QED) is 0.406. The molecular weight excluding hydrogens is 518 g/mol. The fourth-order valence-corrected chi connectivity index (χ4v) is 4.22. The number of carboxylic acids is 1. The monoisotopic (exact) mass is 549 g/mol. The van der Waals surface area contributed by atoms with Crippen LogP contribution in [0.3, 0.4) is 0 Å². The minimum Gasteiger partial charge on any atom is -0.481 e. The summed E-state index contributed by atoms with van der Waals surface area (Å²) >= 11 is 0. The van der Waals surface area contributed by atoms with Crippen LogP contribution in [-0.4, -0.2) is 97.4 Å². The molecule has 0 radical (unpaired) electrons. The Morgan fingerprint density at radius 2 is 1.75 bits per heavy atom. The molecule has 0 spiro atoms. The number of aryl methyl sites for hydroxylation is 1. The Morgan fingerprint density at radius 1 is 1.05 bits per heavy atom. The number of piperazine rings is 1. The summed E-state index contributed by atoms with van der Waals surface area (Å²) in [6.45, 7) is 4.83. The third kappa shape index (κ3) is 6.98. The number of aromatic nitrogens is 4. The topological polar surface area (TPSA) is 160 Å². The van der Waals surface area contributed by atoms with E-state index in [4.69, 9.17) is 4.74 Å². The van der Waals surface area contributed by atoms with Gasteiger partial charge in [-0.15, -0.1) is 0 Å². The molecular formula is C27H31N7O6. The molecule has 1 aliphatic rings. The molecule has 4 rings (SSSR count). The molecule has 210 valence electrons. The first-order valence-corrected chi connectivity index (χ1v) is 12.9. The lowest BCUT2D eigenvalue weighted by Gasteiger charge is -2.35. The second-order valence-corrected chi connectivity index (χ2v) is 9.23. The Balaban J connectivity index is 1.57. The number of nitrogens with zero attached hydrogens (tertiary/aromatic N) is 6. The molecule has 13 heteroatoms. The Hall–Kier alpha value is -4.81. The molecule has 2 N–H and O–H groups in total. The summed E-state index contributed by atoms with van der Waals surface area (Å²) in [6, 6.07) is 9.47. The normalized spacial score (nSPS) is 13.9. The summed E-state index contributed by atoms with van der Waals surface area (Å²) in [5.41, 5.74) is 1.57. The molecule has 1 aromatic carbocycles. The van der Waals surface area contributed by atoms with Gasteiger partial charge in [0.05, 0.1) is 12.8 Å². The van der Waals surface area contributed by atoms with Crippen LogP contribution in [0.5, 0.6) is 0 Å². The van der Waals surface area contributed by atoms with Crippen molar-refractivity contribution in [2.45, 2.75) is 32.7 Å². The van der Waals surface area contributed by atoms with Crippen molar-refractivity contribution in [2.75, 3.05) is 32.8 Å². The molecule has 1 saturated heterocycles. The molecule has 13 nitrogen and oxygen atoms in total. The van der Waals surface area contributed by atoms with Crippen LogP contribution >= 0.6 is 0 Å². The fraction of sp³-hybridized carbons (Fsp3) is 0.370. The summed E-state index contributed by atoms with van der Waals surface area (Å²) in [6.07, 6.45) is 2.53. The zero-order chi connectivity index (χ0) is 28.6. The highest BCUT2D eigenvalue weighted by Crippen LogP contribution is 2.18. The van der Waals surface area contributed by atoms with E-state index in [1.807, 2.05) is 37.3 Å². The van der Waals surface area contributed by atoms with Gasteiger partial charge in [0.2, 0.25) is 5.91 Å². The van der Waals surface area contributed by atoms with Gasteiger partial charge in [0.1, 0.15) is 11.7 Å². The van der Waals surface area contributed by atoms with Gasteiger partial charge in [-0.3, -0.25) is 14.4 Å². The maximum atomic E-state index is 13.5. The molecule has 2 aromatic heterocycles. The van der Waals surface area contributed by atoms with E-state index in [2.05, 4.69) is 20.4 Å². The predicted molar refractivity (Wildman–Crippen MR) is 143 cm³/mol. The SMILES string of the molecule is CCOC(=O)N1CCN(C(=O)[C@H](CCC(=O)O)NC(=O)c2cc(-n3cc(C)cn3)nc(-c3ccccc3)n2)CC1. The zero-order valence-corrected chi connectivity index (χ0v) is 22.3. The van der Waals surface area contributed by atoms with Crippen LogP contribution < -0.4 is 5.32 Å². The molecule has 1 atom stereocenters. The third-order valence-corrected chi connectivity index (χ3v) is 6.29. The van der Waals surface area contributed by atoms with Gasteiger partial charge < -0.3 is 25.0 Å². The van der Waals surface area contributed by atoms with Crippen molar-refractivity contribution in [3.8, 4) is 17.2 Å². The molecule has 0 unspecified atom stereocenters. The molecule has 40 heavy (non-hydrogen) atoms. The molecule has 0 saturated carbocycles. The molecule has 1 aliphatic heterocycles. The number of benzene rings is 1. The largest absolute Gasteiger partial charge is 0.481 e. The Bertz CT molecular complexity index is 1370. The highest BCUT2D eigenvalue weighted by atomic mass is 16.6. The van der Waals surface area contributed by atoms with E-state index in [-0.39, 0.29) is 51.3 Å². The van der Waals surface area contributed by atoms with Crippen LogP contribution in [-0.2, 0) is 14.3 Å². The number of carboxylic acid groups (broad SMARTS) is 1. The lowest BCUT2D eigenvalue weighted by atomic mass is 10.1. The van der Waals surface area contributed by atoms with Crippen LogP contribution in [0.4, 0.5) is 4.79 Å². The highest BCUT2D eigenvalue weighted by molar-refractivity contribution is 5.97. The Morgan fingerprint density at radius 3 is 2.38 bits per heavy atom. The average molecular weight is 550 g/mol. The van der Waals surface area contributed by atoms with E-state index >= 15 is 0 Å². The van der Waals surface area contributed by atoms with Crippen molar-refractivity contribution < 1.29 is 29.0 Å². The maximum absolute atomic E-state index is 13.5. The molecule has 3 heterocycles.